The van der Waals surface area contributed by atoms with Crippen LogP contribution in [0.1, 0.15) is 12.7 Å². The lowest BCUT2D eigenvalue weighted by Crippen LogP contribution is -2.08. The Morgan fingerprint density at radius 2 is 2.00 bits per heavy atom. The third kappa shape index (κ3) is 3.34. The third-order valence-electron chi connectivity index (χ3n) is 2.64. The van der Waals surface area contributed by atoms with Crippen molar-refractivity contribution in [3.8, 4) is 11.6 Å². The Morgan fingerprint density at radius 1 is 1.21 bits per heavy atom. The number of anilines is 2. The molecule has 2 N–H and O–H groups in total. The molecular formula is C14H18N4O. The minimum atomic E-state index is 0.422. The number of aryl methyl sites for hydroxylation is 1. The lowest BCUT2D eigenvalue weighted by atomic mass is 10.3. The van der Waals surface area contributed by atoms with Gasteiger partial charge in [-0.3, -0.25) is 0 Å². The number of nitrogen functional groups attached to an aromatic ring is 1. The van der Waals surface area contributed by atoms with E-state index >= 15 is 0 Å². The number of hydrogen-bond donors (Lipinski definition) is 1. The highest BCUT2D eigenvalue weighted by atomic mass is 16.5. The molecule has 1 aromatic carbocycles. The van der Waals surface area contributed by atoms with Crippen molar-refractivity contribution in [1.29, 1.82) is 0 Å². The maximum atomic E-state index is 5.73. The van der Waals surface area contributed by atoms with Gasteiger partial charge in [0.15, 0.2) is 0 Å². The molecule has 1 heterocycles. The van der Waals surface area contributed by atoms with Crippen molar-refractivity contribution in [3.63, 3.8) is 0 Å². The van der Waals surface area contributed by atoms with E-state index in [4.69, 9.17) is 10.5 Å². The Balaban J connectivity index is 2.25. The first-order valence-corrected chi connectivity index (χ1v) is 6.17. The van der Waals surface area contributed by atoms with Gasteiger partial charge in [0.25, 0.3) is 0 Å². The van der Waals surface area contributed by atoms with Crippen LogP contribution in [-0.4, -0.2) is 24.1 Å². The molecule has 0 bridgehead atoms. The van der Waals surface area contributed by atoms with E-state index in [1.807, 2.05) is 50.2 Å². The summed E-state index contributed by atoms with van der Waals surface area (Å²) in [5.74, 6) is 2.30. The van der Waals surface area contributed by atoms with Gasteiger partial charge < -0.3 is 15.4 Å². The molecule has 5 heteroatoms. The third-order valence-corrected chi connectivity index (χ3v) is 2.64. The molecule has 1 aromatic heterocycles. The van der Waals surface area contributed by atoms with Crippen LogP contribution in [0.15, 0.2) is 30.3 Å². The highest BCUT2D eigenvalue weighted by molar-refractivity contribution is 5.50. The second kappa shape index (κ2) is 5.56. The normalized spacial score (nSPS) is 10.3. The van der Waals surface area contributed by atoms with E-state index in [1.165, 1.54) is 0 Å². The average molecular weight is 258 g/mol. The fourth-order valence-corrected chi connectivity index (χ4v) is 1.65. The predicted octanol–water partition coefficient (Wildman–Crippen LogP) is 2.48. The molecule has 100 valence electrons. The molecule has 0 aliphatic carbocycles. The fourth-order valence-electron chi connectivity index (χ4n) is 1.65. The molecule has 0 saturated carbocycles. The Hall–Kier alpha value is -2.30. The second-order valence-corrected chi connectivity index (χ2v) is 4.39. The molecule has 0 spiro atoms. The van der Waals surface area contributed by atoms with Gasteiger partial charge in [-0.15, -0.1) is 0 Å². The van der Waals surface area contributed by atoms with Crippen molar-refractivity contribution in [2.24, 2.45) is 0 Å². The zero-order chi connectivity index (χ0) is 13.8. The minimum absolute atomic E-state index is 0.422. The molecular weight excluding hydrogens is 240 g/mol. The van der Waals surface area contributed by atoms with Gasteiger partial charge in [0, 0.05) is 38.3 Å². The summed E-state index contributed by atoms with van der Waals surface area (Å²) in [5.41, 5.74) is 6.79. The summed E-state index contributed by atoms with van der Waals surface area (Å²) in [6.45, 7) is 1.98. The van der Waals surface area contributed by atoms with E-state index in [0.717, 1.165) is 17.9 Å². The van der Waals surface area contributed by atoms with Crippen LogP contribution in [-0.2, 0) is 6.42 Å². The number of ether oxygens (including phenoxy) is 1. The van der Waals surface area contributed by atoms with Crippen molar-refractivity contribution in [1.82, 2.24) is 9.97 Å². The number of benzene rings is 1. The molecule has 0 radical (unpaired) electrons. The summed E-state index contributed by atoms with van der Waals surface area (Å²) < 4.78 is 5.73. The van der Waals surface area contributed by atoms with E-state index in [9.17, 15) is 0 Å². The number of nitrogens with two attached hydrogens (primary N) is 1. The van der Waals surface area contributed by atoms with Gasteiger partial charge in [-0.1, -0.05) is 13.0 Å². The summed E-state index contributed by atoms with van der Waals surface area (Å²) in [7, 11) is 3.97. The second-order valence-electron chi connectivity index (χ2n) is 4.39. The standard InChI is InChI=1S/C14H18N4O/c1-4-13-16-12(15)9-14(17-13)19-11-7-5-6-10(8-11)18(2)3/h5-9H,4H2,1-3H3,(H2,15,16,17). The van der Waals surface area contributed by atoms with Crippen LogP contribution in [0.4, 0.5) is 11.5 Å². The molecule has 19 heavy (non-hydrogen) atoms. The van der Waals surface area contributed by atoms with E-state index < -0.39 is 0 Å². The molecule has 0 fully saturated rings. The smallest absolute Gasteiger partial charge is 0.224 e. The number of aromatic nitrogens is 2. The van der Waals surface area contributed by atoms with Crippen molar-refractivity contribution in [3.05, 3.63) is 36.2 Å². The van der Waals surface area contributed by atoms with Crippen LogP contribution in [0.25, 0.3) is 0 Å². The minimum Gasteiger partial charge on any atom is -0.439 e. The van der Waals surface area contributed by atoms with Crippen LogP contribution >= 0.6 is 0 Å². The van der Waals surface area contributed by atoms with Gasteiger partial charge in [-0.2, -0.15) is 4.98 Å². The number of nitrogens with zero attached hydrogens (tertiary/aromatic N) is 3. The van der Waals surface area contributed by atoms with Gasteiger partial charge in [0.05, 0.1) is 0 Å². The molecule has 0 amide bonds. The van der Waals surface area contributed by atoms with Gasteiger partial charge in [-0.25, -0.2) is 4.98 Å². The summed E-state index contributed by atoms with van der Waals surface area (Å²) in [4.78, 5) is 10.4. The zero-order valence-electron chi connectivity index (χ0n) is 11.4. The summed E-state index contributed by atoms with van der Waals surface area (Å²) in [6.07, 6.45) is 0.721. The van der Waals surface area contributed by atoms with E-state index in [2.05, 4.69) is 9.97 Å². The van der Waals surface area contributed by atoms with Gasteiger partial charge in [0.1, 0.15) is 17.4 Å². The van der Waals surface area contributed by atoms with Gasteiger partial charge >= 0.3 is 0 Å². The SMILES string of the molecule is CCc1nc(N)cc(Oc2cccc(N(C)C)c2)n1. The highest BCUT2D eigenvalue weighted by Crippen LogP contribution is 2.24. The highest BCUT2D eigenvalue weighted by Gasteiger charge is 2.05. The van der Waals surface area contributed by atoms with E-state index in [-0.39, 0.29) is 0 Å². The quantitative estimate of drug-likeness (QED) is 0.912. The van der Waals surface area contributed by atoms with Crippen LogP contribution in [0.2, 0.25) is 0 Å². The van der Waals surface area contributed by atoms with Crippen molar-refractivity contribution in [2.45, 2.75) is 13.3 Å². The Morgan fingerprint density at radius 3 is 2.68 bits per heavy atom. The molecule has 0 saturated heterocycles. The lowest BCUT2D eigenvalue weighted by Gasteiger charge is -2.13. The maximum Gasteiger partial charge on any atom is 0.224 e. The molecule has 2 rings (SSSR count). The van der Waals surface area contributed by atoms with Crippen molar-refractivity contribution < 1.29 is 4.74 Å². The van der Waals surface area contributed by atoms with Crippen LogP contribution < -0.4 is 15.4 Å². The average Bonchev–Trinajstić information content (AvgIpc) is 2.38. The van der Waals surface area contributed by atoms with E-state index in [0.29, 0.717) is 17.5 Å². The lowest BCUT2D eigenvalue weighted by molar-refractivity contribution is 0.459. The monoisotopic (exact) mass is 258 g/mol. The summed E-state index contributed by atoms with van der Waals surface area (Å²) in [6, 6.07) is 9.41. The first-order chi connectivity index (χ1) is 9.08. The molecule has 0 aliphatic rings. The Labute approximate surface area is 113 Å². The van der Waals surface area contributed by atoms with Crippen molar-refractivity contribution in [2.75, 3.05) is 24.7 Å². The Kier molecular flexibility index (Phi) is 3.85. The van der Waals surface area contributed by atoms with Crippen molar-refractivity contribution >= 4 is 11.5 Å². The molecule has 0 atom stereocenters. The number of hydrogen-bond acceptors (Lipinski definition) is 5. The van der Waals surface area contributed by atoms with E-state index in [1.54, 1.807) is 6.07 Å². The first-order valence-electron chi connectivity index (χ1n) is 6.17. The fraction of sp³-hybridized carbons (Fsp3) is 0.286. The topological polar surface area (TPSA) is 64.3 Å². The van der Waals surface area contributed by atoms with Crippen LogP contribution in [0.3, 0.4) is 0 Å². The van der Waals surface area contributed by atoms with Gasteiger partial charge in [-0.05, 0) is 12.1 Å². The molecule has 2 aromatic rings. The van der Waals surface area contributed by atoms with Crippen LogP contribution in [0.5, 0.6) is 11.6 Å². The predicted molar refractivity (Wildman–Crippen MR) is 76.7 cm³/mol. The molecule has 0 unspecified atom stereocenters. The molecule has 5 nitrogen and oxygen atoms in total. The molecule has 0 aliphatic heterocycles. The first kappa shape index (κ1) is 13.1. The maximum absolute atomic E-state index is 5.73. The van der Waals surface area contributed by atoms with Crippen LogP contribution in [0, 0.1) is 0 Å². The summed E-state index contributed by atoms with van der Waals surface area (Å²) in [5, 5.41) is 0. The Bertz CT molecular complexity index is 569. The number of rotatable bonds is 4. The zero-order valence-corrected chi connectivity index (χ0v) is 11.4. The largest absolute Gasteiger partial charge is 0.439 e. The summed E-state index contributed by atoms with van der Waals surface area (Å²) >= 11 is 0. The van der Waals surface area contributed by atoms with Gasteiger partial charge in [0.2, 0.25) is 5.88 Å².